The number of aryl methyl sites for hydroxylation is 1. The Bertz CT molecular complexity index is 1300. The van der Waals surface area contributed by atoms with Crippen LogP contribution in [-0.4, -0.2) is 13.0 Å². The lowest BCUT2D eigenvalue weighted by atomic mass is 10.3. The van der Waals surface area contributed by atoms with E-state index in [4.69, 9.17) is 0 Å². The summed E-state index contributed by atoms with van der Waals surface area (Å²) in [5.74, 6) is 0. The number of hydrogen-bond acceptors (Lipinski definition) is 3. The van der Waals surface area contributed by atoms with Crippen LogP contribution in [0.3, 0.4) is 0 Å². The molecule has 0 N–H and O–H groups in total. The predicted octanol–water partition coefficient (Wildman–Crippen LogP) is 4.91. The zero-order chi connectivity index (χ0) is 22.1. The van der Waals surface area contributed by atoms with Crippen molar-refractivity contribution in [2.75, 3.05) is 0 Å². The Morgan fingerprint density at radius 1 is 0.742 bits per heavy atom. The van der Waals surface area contributed by atoms with Gasteiger partial charge in [-0.15, -0.1) is 0 Å². The zero-order valence-electron chi connectivity index (χ0n) is 17.5. The van der Waals surface area contributed by atoms with E-state index in [1.807, 2.05) is 65.2 Å². The maximum absolute atomic E-state index is 14.4. The van der Waals surface area contributed by atoms with Gasteiger partial charge in [-0.3, -0.25) is 0 Å². The number of sulfone groups is 1. The Hall–Kier alpha value is -2.88. The molecular formula is C25H24NO3PS. The highest BCUT2D eigenvalue weighted by Gasteiger charge is 2.31. The molecule has 0 aliphatic rings. The molecule has 0 radical (unpaired) electrons. The molecule has 0 unspecified atom stereocenters. The van der Waals surface area contributed by atoms with Crippen molar-refractivity contribution in [2.45, 2.75) is 29.9 Å². The van der Waals surface area contributed by atoms with Gasteiger partial charge in [0.15, 0.2) is 7.14 Å². The minimum Gasteiger partial charge on any atom is -0.342 e. The lowest BCUT2D eigenvalue weighted by Crippen LogP contribution is -2.20. The Balaban J connectivity index is 1.84. The fourth-order valence-corrected chi connectivity index (χ4v) is 8.33. The molecule has 0 amide bonds. The molecule has 6 heteroatoms. The van der Waals surface area contributed by atoms with Crippen molar-refractivity contribution in [1.29, 1.82) is 0 Å². The van der Waals surface area contributed by atoms with E-state index in [-0.39, 0.29) is 16.1 Å². The van der Waals surface area contributed by atoms with Crippen LogP contribution < -0.4 is 10.6 Å². The van der Waals surface area contributed by atoms with E-state index < -0.39 is 17.0 Å². The lowest BCUT2D eigenvalue weighted by Gasteiger charge is -2.21. The maximum atomic E-state index is 14.4. The van der Waals surface area contributed by atoms with Gasteiger partial charge in [0.2, 0.25) is 9.84 Å². The molecule has 4 nitrogen and oxygen atoms in total. The normalized spacial score (nSPS) is 12.1. The average molecular weight is 450 g/mol. The molecular weight excluding hydrogens is 425 g/mol. The first-order chi connectivity index (χ1) is 14.8. The molecule has 4 aromatic rings. The Morgan fingerprint density at radius 2 is 1.19 bits per heavy atom. The van der Waals surface area contributed by atoms with Gasteiger partial charge in [0.25, 0.3) is 0 Å². The summed E-state index contributed by atoms with van der Waals surface area (Å²) >= 11 is 0. The molecule has 0 fully saturated rings. The van der Waals surface area contributed by atoms with Crippen LogP contribution in [0.15, 0.2) is 107 Å². The number of nitrogens with zero attached hydrogens (tertiary/aromatic N) is 1. The smallest absolute Gasteiger partial charge is 0.208 e. The maximum Gasteiger partial charge on any atom is 0.208 e. The molecule has 0 spiro atoms. The quantitative estimate of drug-likeness (QED) is 0.393. The van der Waals surface area contributed by atoms with Gasteiger partial charge in [0, 0.05) is 22.5 Å². The Morgan fingerprint density at radius 3 is 1.68 bits per heavy atom. The summed E-state index contributed by atoms with van der Waals surface area (Å²) in [7, 11) is -6.71. The topological polar surface area (TPSA) is 56.1 Å². The van der Waals surface area contributed by atoms with Crippen LogP contribution >= 0.6 is 7.14 Å². The third-order valence-corrected chi connectivity index (χ3v) is 10.5. The number of hydrogen-bond donors (Lipinski definition) is 0. The van der Waals surface area contributed by atoms with Crippen LogP contribution in [-0.2, 0) is 20.7 Å². The summed E-state index contributed by atoms with van der Waals surface area (Å²) < 4.78 is 42.9. The molecule has 0 atom stereocenters. The molecule has 31 heavy (non-hydrogen) atoms. The van der Waals surface area contributed by atoms with E-state index in [2.05, 4.69) is 0 Å². The highest BCUT2D eigenvalue weighted by atomic mass is 32.2. The van der Waals surface area contributed by atoms with Gasteiger partial charge in [-0.1, -0.05) is 78.9 Å². The Labute approximate surface area is 183 Å². The van der Waals surface area contributed by atoms with Crippen LogP contribution in [0.5, 0.6) is 0 Å². The monoisotopic (exact) mass is 449 g/mol. The first-order valence-corrected chi connectivity index (χ1v) is 13.4. The largest absolute Gasteiger partial charge is 0.342 e. The van der Waals surface area contributed by atoms with Crippen molar-refractivity contribution < 1.29 is 13.0 Å². The molecule has 0 saturated carbocycles. The van der Waals surface area contributed by atoms with Crippen LogP contribution in [0.1, 0.15) is 11.3 Å². The number of aromatic nitrogens is 1. The minimum absolute atomic E-state index is 0.192. The Kier molecular flexibility index (Phi) is 5.74. The summed E-state index contributed by atoms with van der Waals surface area (Å²) in [6.07, 6.45) is 1.99. The molecule has 1 heterocycles. The lowest BCUT2D eigenvalue weighted by molar-refractivity contribution is 0.577. The molecule has 0 aliphatic carbocycles. The summed E-state index contributed by atoms with van der Waals surface area (Å²) in [5.41, 5.74) is 1.24. The van der Waals surface area contributed by atoms with E-state index in [0.29, 0.717) is 11.3 Å². The molecule has 158 valence electrons. The second kappa shape index (κ2) is 8.33. The molecule has 4 rings (SSSR count). The highest BCUT2D eigenvalue weighted by Crippen LogP contribution is 2.46. The van der Waals surface area contributed by atoms with Gasteiger partial charge in [0.1, 0.15) is 0 Å². The first-order valence-electron chi connectivity index (χ1n) is 10.0. The van der Waals surface area contributed by atoms with E-state index in [1.165, 1.54) is 0 Å². The van der Waals surface area contributed by atoms with Gasteiger partial charge in [-0.25, -0.2) is 8.42 Å². The van der Waals surface area contributed by atoms with Gasteiger partial charge < -0.3 is 9.13 Å². The van der Waals surface area contributed by atoms with Crippen LogP contribution in [0, 0.1) is 13.8 Å². The third-order valence-electron chi connectivity index (χ3n) is 5.49. The molecule has 1 aromatic heterocycles. The molecule has 0 aliphatic heterocycles. The average Bonchev–Trinajstić information content (AvgIpc) is 3.08. The van der Waals surface area contributed by atoms with Crippen LogP contribution in [0.4, 0.5) is 0 Å². The van der Waals surface area contributed by atoms with Crippen molar-refractivity contribution >= 4 is 27.6 Å². The van der Waals surface area contributed by atoms with E-state index in [1.54, 1.807) is 50.4 Å². The van der Waals surface area contributed by atoms with Crippen LogP contribution in [0.25, 0.3) is 0 Å². The van der Waals surface area contributed by atoms with Gasteiger partial charge in [0.05, 0.1) is 16.1 Å². The second-order valence-corrected chi connectivity index (χ2v) is 12.2. The molecule has 0 bridgehead atoms. The van der Waals surface area contributed by atoms with Crippen molar-refractivity contribution in [1.82, 2.24) is 4.57 Å². The molecule has 0 saturated heterocycles. The summed E-state index contributed by atoms with van der Waals surface area (Å²) in [5, 5.41) is 1.50. The highest BCUT2D eigenvalue weighted by molar-refractivity contribution is 7.91. The fourth-order valence-electron chi connectivity index (χ4n) is 3.94. The van der Waals surface area contributed by atoms with Crippen molar-refractivity contribution in [3.8, 4) is 0 Å². The second-order valence-electron chi connectivity index (χ2n) is 7.57. The summed E-state index contributed by atoms with van der Waals surface area (Å²) in [6.45, 7) is 3.57. The number of rotatable bonds is 6. The van der Waals surface area contributed by atoms with Crippen molar-refractivity contribution in [3.05, 3.63) is 108 Å². The van der Waals surface area contributed by atoms with Gasteiger partial charge >= 0.3 is 0 Å². The van der Waals surface area contributed by atoms with Crippen molar-refractivity contribution in [2.24, 2.45) is 0 Å². The SMILES string of the molecule is Cc1cn(CP(=O)(c2ccccc2)c2ccccc2)c(C)c1S(=O)(=O)c1ccccc1. The van der Waals surface area contributed by atoms with E-state index in [0.717, 1.165) is 10.6 Å². The van der Waals surface area contributed by atoms with Crippen LogP contribution in [0.2, 0.25) is 0 Å². The van der Waals surface area contributed by atoms with E-state index in [9.17, 15) is 13.0 Å². The third kappa shape index (κ3) is 3.91. The first kappa shape index (κ1) is 21.4. The number of benzene rings is 3. The fraction of sp³-hybridized carbons (Fsp3) is 0.120. The van der Waals surface area contributed by atoms with Crippen molar-refractivity contribution in [3.63, 3.8) is 0 Å². The molecule has 3 aromatic carbocycles. The summed E-state index contributed by atoms with van der Waals surface area (Å²) in [6, 6.07) is 27.2. The minimum atomic E-state index is -3.67. The zero-order valence-corrected chi connectivity index (χ0v) is 19.2. The van der Waals surface area contributed by atoms with E-state index >= 15 is 0 Å². The van der Waals surface area contributed by atoms with Gasteiger partial charge in [-0.2, -0.15) is 0 Å². The standard InChI is InChI=1S/C25H24NO3PS/c1-20-18-26(21(2)25(20)31(28,29)24-16-10-5-11-17-24)19-30(27,22-12-6-3-7-13-22)23-14-8-4-9-15-23/h3-18H,19H2,1-2H3. The predicted molar refractivity (Wildman–Crippen MR) is 126 cm³/mol. The summed E-state index contributed by atoms with van der Waals surface area (Å²) in [4.78, 5) is 0.541. The van der Waals surface area contributed by atoms with Gasteiger partial charge in [-0.05, 0) is 31.5 Å².